The number of aromatic hydroxyl groups is 2. The highest BCUT2D eigenvalue weighted by atomic mass is 32.1. The van der Waals surface area contributed by atoms with E-state index in [1.54, 1.807) is 13.2 Å². The molecule has 0 aliphatic heterocycles. The number of hydrogen-bond donors (Lipinski definition) is 4. The van der Waals surface area contributed by atoms with Crippen molar-refractivity contribution in [1.29, 1.82) is 0 Å². The van der Waals surface area contributed by atoms with Crippen molar-refractivity contribution in [2.24, 2.45) is 0 Å². The van der Waals surface area contributed by atoms with Crippen molar-refractivity contribution in [2.75, 3.05) is 18.6 Å². The van der Waals surface area contributed by atoms with Gasteiger partial charge in [-0.3, -0.25) is 10.2 Å². The van der Waals surface area contributed by atoms with Gasteiger partial charge in [-0.15, -0.1) is 0 Å². The number of benzene rings is 2. The SMILES string of the molecule is CCN(c1cc(C)ccc1OC)C(C)C.CCc1cc(-c2nc(=S)[nH][nH]2)c(O)cc1O. The van der Waals surface area contributed by atoms with Gasteiger partial charge in [0.1, 0.15) is 17.2 Å². The minimum absolute atomic E-state index is 0.0348. The maximum absolute atomic E-state index is 9.71. The number of nitrogens with zero attached hydrogens (tertiary/aromatic N) is 2. The van der Waals surface area contributed by atoms with Crippen molar-refractivity contribution in [2.45, 2.75) is 47.1 Å². The largest absolute Gasteiger partial charge is 0.508 e. The van der Waals surface area contributed by atoms with Gasteiger partial charge in [-0.05, 0) is 75.7 Å². The van der Waals surface area contributed by atoms with Crippen LogP contribution in [0.2, 0.25) is 0 Å². The van der Waals surface area contributed by atoms with E-state index in [1.807, 2.05) is 13.0 Å². The molecule has 0 saturated carbocycles. The van der Waals surface area contributed by atoms with E-state index in [0.717, 1.165) is 17.9 Å². The van der Waals surface area contributed by atoms with Crippen molar-refractivity contribution in [1.82, 2.24) is 15.2 Å². The zero-order valence-electron chi connectivity index (χ0n) is 19.0. The van der Waals surface area contributed by atoms with Crippen molar-refractivity contribution >= 4 is 17.9 Å². The van der Waals surface area contributed by atoms with Gasteiger partial charge in [0.15, 0.2) is 5.82 Å². The van der Waals surface area contributed by atoms with Crippen LogP contribution in [0.15, 0.2) is 30.3 Å². The summed E-state index contributed by atoms with van der Waals surface area (Å²) in [6, 6.07) is 9.78. The molecule has 8 heteroatoms. The molecule has 0 saturated heterocycles. The fourth-order valence-electron chi connectivity index (χ4n) is 3.33. The lowest BCUT2D eigenvalue weighted by Crippen LogP contribution is -2.30. The molecule has 1 aromatic heterocycles. The van der Waals surface area contributed by atoms with Gasteiger partial charge in [0.2, 0.25) is 4.77 Å². The Bertz CT molecular complexity index is 1060. The highest BCUT2D eigenvalue weighted by Gasteiger charge is 2.13. The molecule has 0 atom stereocenters. The van der Waals surface area contributed by atoms with Crippen LogP contribution in [0.1, 0.15) is 38.8 Å². The number of ether oxygens (including phenoxy) is 1. The smallest absolute Gasteiger partial charge is 0.213 e. The lowest BCUT2D eigenvalue weighted by atomic mass is 10.1. The molecule has 2 aromatic carbocycles. The molecule has 1 heterocycles. The molecule has 0 unspecified atom stereocenters. The standard InChI is InChI=1S/C13H21NO.C10H11N3O2S/c1-6-14(10(2)3)12-9-11(4)7-8-13(12)15-5;1-2-5-3-6(8(15)4-7(5)14)9-11-10(16)13-12-9/h7-10H,6H2,1-5H3;3-4,14-15H,2H2,1H3,(H2,11,12,13,16). The number of phenols is 2. The summed E-state index contributed by atoms with van der Waals surface area (Å²) in [5.41, 5.74) is 3.72. The summed E-state index contributed by atoms with van der Waals surface area (Å²) in [6.07, 6.45) is 0.671. The highest BCUT2D eigenvalue weighted by molar-refractivity contribution is 7.71. The summed E-state index contributed by atoms with van der Waals surface area (Å²) in [4.78, 5) is 6.35. The lowest BCUT2D eigenvalue weighted by Gasteiger charge is -2.29. The molecular weight excluding hydrogens is 412 g/mol. The number of aromatic nitrogens is 3. The average molecular weight is 445 g/mol. The number of hydrogen-bond acceptors (Lipinski definition) is 6. The molecule has 4 N–H and O–H groups in total. The summed E-state index contributed by atoms with van der Waals surface area (Å²) in [6.45, 7) is 11.6. The monoisotopic (exact) mass is 444 g/mol. The predicted molar refractivity (Wildman–Crippen MR) is 128 cm³/mol. The Morgan fingerprint density at radius 3 is 2.32 bits per heavy atom. The fourth-order valence-corrected chi connectivity index (χ4v) is 3.47. The van der Waals surface area contributed by atoms with E-state index in [-0.39, 0.29) is 11.5 Å². The molecule has 0 bridgehead atoms. The van der Waals surface area contributed by atoms with Crippen LogP contribution in [-0.2, 0) is 6.42 Å². The van der Waals surface area contributed by atoms with Gasteiger partial charge in [-0.1, -0.05) is 13.0 Å². The molecule has 3 rings (SSSR count). The van der Waals surface area contributed by atoms with Crippen LogP contribution in [0.5, 0.6) is 17.2 Å². The minimum Gasteiger partial charge on any atom is -0.508 e. The van der Waals surface area contributed by atoms with Crippen molar-refractivity contribution in [3.63, 3.8) is 0 Å². The molecule has 31 heavy (non-hydrogen) atoms. The average Bonchev–Trinajstić information content (AvgIpc) is 3.15. The van der Waals surface area contributed by atoms with E-state index < -0.39 is 0 Å². The van der Waals surface area contributed by atoms with E-state index in [1.165, 1.54) is 17.3 Å². The molecule has 0 fully saturated rings. The summed E-state index contributed by atoms with van der Waals surface area (Å²) < 4.78 is 5.71. The molecular formula is C23H32N4O3S. The molecule has 168 valence electrons. The third kappa shape index (κ3) is 6.01. The first-order valence-electron chi connectivity index (χ1n) is 10.3. The van der Waals surface area contributed by atoms with E-state index in [0.29, 0.717) is 28.6 Å². The zero-order valence-corrected chi connectivity index (χ0v) is 19.8. The first kappa shape index (κ1) is 24.3. The number of methoxy groups -OCH3 is 1. The summed E-state index contributed by atoms with van der Waals surface area (Å²) >= 11 is 4.83. The predicted octanol–water partition coefficient (Wildman–Crippen LogP) is 5.35. The number of H-pyrrole nitrogens is 2. The van der Waals surface area contributed by atoms with Crippen LogP contribution in [-0.4, -0.2) is 45.1 Å². The molecule has 3 aromatic rings. The second-order valence-electron chi connectivity index (χ2n) is 7.42. The second kappa shape index (κ2) is 10.9. The Morgan fingerprint density at radius 2 is 1.81 bits per heavy atom. The van der Waals surface area contributed by atoms with Crippen LogP contribution in [0.4, 0.5) is 5.69 Å². The quantitative estimate of drug-likeness (QED) is 0.383. The van der Waals surface area contributed by atoms with Gasteiger partial charge in [0.05, 0.1) is 18.4 Å². The Balaban J connectivity index is 0.000000221. The second-order valence-corrected chi connectivity index (χ2v) is 7.81. The van der Waals surface area contributed by atoms with Gasteiger partial charge >= 0.3 is 0 Å². The first-order valence-corrected chi connectivity index (χ1v) is 10.7. The van der Waals surface area contributed by atoms with Gasteiger partial charge in [0.25, 0.3) is 0 Å². The Hall–Kier alpha value is -3.00. The molecule has 0 radical (unpaired) electrons. The van der Waals surface area contributed by atoms with E-state index in [4.69, 9.17) is 17.0 Å². The van der Waals surface area contributed by atoms with E-state index >= 15 is 0 Å². The van der Waals surface area contributed by atoms with Crippen molar-refractivity contribution in [3.8, 4) is 28.6 Å². The lowest BCUT2D eigenvalue weighted by molar-refractivity contribution is 0.413. The van der Waals surface area contributed by atoms with Crippen LogP contribution in [0.25, 0.3) is 11.4 Å². The molecule has 0 spiro atoms. The maximum Gasteiger partial charge on any atom is 0.213 e. The topological polar surface area (TPSA) is 97.4 Å². The zero-order chi connectivity index (χ0) is 23.1. The van der Waals surface area contributed by atoms with Crippen LogP contribution >= 0.6 is 12.2 Å². The third-order valence-corrected chi connectivity index (χ3v) is 5.14. The molecule has 0 aliphatic rings. The Morgan fingerprint density at radius 1 is 1.10 bits per heavy atom. The van der Waals surface area contributed by atoms with Gasteiger partial charge in [-0.2, -0.15) is 4.98 Å². The number of rotatable bonds is 6. The van der Waals surface area contributed by atoms with Crippen LogP contribution in [0, 0.1) is 11.7 Å². The highest BCUT2D eigenvalue weighted by Crippen LogP contribution is 2.33. The summed E-state index contributed by atoms with van der Waals surface area (Å²) in [7, 11) is 1.72. The number of phenolic OH excluding ortho intramolecular Hbond substituents is 2. The van der Waals surface area contributed by atoms with Crippen molar-refractivity contribution < 1.29 is 14.9 Å². The summed E-state index contributed by atoms with van der Waals surface area (Å²) in [5.74, 6) is 1.46. The van der Waals surface area contributed by atoms with Gasteiger partial charge in [-0.25, -0.2) is 0 Å². The maximum atomic E-state index is 9.71. The molecule has 0 amide bonds. The van der Waals surface area contributed by atoms with Crippen LogP contribution < -0.4 is 9.64 Å². The Labute approximate surface area is 188 Å². The van der Waals surface area contributed by atoms with Gasteiger partial charge < -0.3 is 19.8 Å². The van der Waals surface area contributed by atoms with Crippen LogP contribution in [0.3, 0.4) is 0 Å². The number of nitrogens with one attached hydrogen (secondary N) is 2. The van der Waals surface area contributed by atoms with Gasteiger partial charge in [0, 0.05) is 18.7 Å². The number of aryl methyl sites for hydroxylation is 2. The third-order valence-electron chi connectivity index (χ3n) is 4.94. The number of anilines is 1. The fraction of sp³-hybridized carbons (Fsp3) is 0.391. The molecule has 0 aliphatic carbocycles. The number of aromatic amines is 2. The Kier molecular flexibility index (Phi) is 8.50. The first-order chi connectivity index (χ1) is 14.7. The minimum atomic E-state index is -0.0348. The normalized spacial score (nSPS) is 10.5. The summed E-state index contributed by atoms with van der Waals surface area (Å²) in [5, 5.41) is 24.7. The molecule has 7 nitrogen and oxygen atoms in total. The van der Waals surface area contributed by atoms with E-state index in [2.05, 4.69) is 59.9 Å². The van der Waals surface area contributed by atoms with E-state index in [9.17, 15) is 10.2 Å². The van der Waals surface area contributed by atoms with Crippen molar-refractivity contribution in [3.05, 3.63) is 46.2 Å².